The van der Waals surface area contributed by atoms with E-state index in [-0.39, 0.29) is 22.7 Å². The first-order valence-corrected chi connectivity index (χ1v) is 5.80. The molecule has 6 nitrogen and oxygen atoms in total. The zero-order valence-electron chi connectivity index (χ0n) is 10.2. The number of imidazole rings is 1. The fourth-order valence-electron chi connectivity index (χ4n) is 2.08. The fraction of sp³-hybridized carbons (Fsp3) is 0. The van der Waals surface area contributed by atoms with Gasteiger partial charge < -0.3 is 15.3 Å². The SMILES string of the molecule is O=C(O)c1nc(-c2ccccc2O)n2ccc(O)cc12. The van der Waals surface area contributed by atoms with Gasteiger partial charge in [-0.1, -0.05) is 12.1 Å². The zero-order chi connectivity index (χ0) is 14.3. The van der Waals surface area contributed by atoms with Gasteiger partial charge in [-0.2, -0.15) is 0 Å². The van der Waals surface area contributed by atoms with Crippen LogP contribution in [0, 0.1) is 0 Å². The second kappa shape index (κ2) is 4.27. The Morgan fingerprint density at radius 1 is 1.15 bits per heavy atom. The molecule has 3 aromatic rings. The minimum Gasteiger partial charge on any atom is -0.508 e. The van der Waals surface area contributed by atoms with Crippen molar-refractivity contribution < 1.29 is 20.1 Å². The molecule has 6 heteroatoms. The van der Waals surface area contributed by atoms with Crippen LogP contribution in [0.25, 0.3) is 16.9 Å². The van der Waals surface area contributed by atoms with Gasteiger partial charge in [0.1, 0.15) is 17.3 Å². The number of carbonyl (C=O) groups is 1. The summed E-state index contributed by atoms with van der Waals surface area (Å²) in [5.74, 6) is -0.946. The number of aromatic nitrogens is 2. The van der Waals surface area contributed by atoms with Crippen molar-refractivity contribution in [1.29, 1.82) is 0 Å². The number of carboxylic acid groups (broad SMARTS) is 1. The van der Waals surface area contributed by atoms with Gasteiger partial charge in [0.2, 0.25) is 0 Å². The highest BCUT2D eigenvalue weighted by Gasteiger charge is 2.19. The van der Waals surface area contributed by atoms with Gasteiger partial charge in [0.15, 0.2) is 5.69 Å². The lowest BCUT2D eigenvalue weighted by molar-refractivity contribution is 0.0693. The summed E-state index contributed by atoms with van der Waals surface area (Å²) in [4.78, 5) is 15.3. The van der Waals surface area contributed by atoms with E-state index in [2.05, 4.69) is 4.98 Å². The highest BCUT2D eigenvalue weighted by Crippen LogP contribution is 2.30. The summed E-state index contributed by atoms with van der Waals surface area (Å²) in [6.45, 7) is 0. The van der Waals surface area contributed by atoms with Crippen molar-refractivity contribution in [3.8, 4) is 22.9 Å². The predicted molar refractivity (Wildman–Crippen MR) is 70.9 cm³/mol. The van der Waals surface area contributed by atoms with Crippen molar-refractivity contribution in [2.24, 2.45) is 0 Å². The third kappa shape index (κ3) is 1.74. The molecule has 100 valence electrons. The molecule has 0 bridgehead atoms. The Morgan fingerprint density at radius 3 is 2.60 bits per heavy atom. The molecular formula is C14H10N2O4. The Bertz CT molecular complexity index is 823. The van der Waals surface area contributed by atoms with Crippen LogP contribution >= 0.6 is 0 Å². The quantitative estimate of drug-likeness (QED) is 0.663. The van der Waals surface area contributed by atoms with Crippen molar-refractivity contribution >= 4 is 11.5 Å². The maximum absolute atomic E-state index is 11.2. The molecule has 0 atom stereocenters. The van der Waals surface area contributed by atoms with Crippen LogP contribution in [-0.4, -0.2) is 30.7 Å². The van der Waals surface area contributed by atoms with Gasteiger partial charge in [0.25, 0.3) is 0 Å². The number of hydrogen-bond acceptors (Lipinski definition) is 4. The van der Waals surface area contributed by atoms with Crippen LogP contribution < -0.4 is 0 Å². The summed E-state index contributed by atoms with van der Waals surface area (Å²) >= 11 is 0. The van der Waals surface area contributed by atoms with E-state index in [1.165, 1.54) is 28.8 Å². The summed E-state index contributed by atoms with van der Waals surface area (Å²) in [5, 5.41) is 28.5. The van der Waals surface area contributed by atoms with Crippen LogP contribution in [-0.2, 0) is 0 Å². The summed E-state index contributed by atoms with van der Waals surface area (Å²) in [7, 11) is 0. The molecule has 0 aliphatic carbocycles. The molecule has 3 rings (SSSR count). The number of fused-ring (bicyclic) bond motifs is 1. The molecule has 0 fully saturated rings. The van der Waals surface area contributed by atoms with E-state index in [4.69, 9.17) is 0 Å². The Morgan fingerprint density at radius 2 is 1.90 bits per heavy atom. The summed E-state index contributed by atoms with van der Waals surface area (Å²) in [6.07, 6.45) is 1.51. The molecule has 2 aromatic heterocycles. The summed E-state index contributed by atoms with van der Waals surface area (Å²) in [5.41, 5.74) is 0.496. The standard InChI is InChI=1S/C14H10N2O4/c17-8-5-6-16-10(7-8)12(14(19)20)15-13(16)9-3-1-2-4-11(9)18/h1-7,17-18H,(H,19,20). The van der Waals surface area contributed by atoms with Gasteiger partial charge in [0, 0.05) is 12.3 Å². The van der Waals surface area contributed by atoms with Gasteiger partial charge in [-0.05, 0) is 18.2 Å². The number of pyridine rings is 1. The van der Waals surface area contributed by atoms with Gasteiger partial charge in [-0.25, -0.2) is 9.78 Å². The second-order valence-corrected chi connectivity index (χ2v) is 4.25. The molecule has 0 saturated heterocycles. The molecule has 0 aliphatic heterocycles. The van der Waals surface area contributed by atoms with Crippen molar-refractivity contribution in [3.63, 3.8) is 0 Å². The van der Waals surface area contributed by atoms with Gasteiger partial charge in [-0.15, -0.1) is 0 Å². The lowest BCUT2D eigenvalue weighted by Gasteiger charge is -2.03. The van der Waals surface area contributed by atoms with Crippen molar-refractivity contribution in [3.05, 3.63) is 48.3 Å². The second-order valence-electron chi connectivity index (χ2n) is 4.25. The molecule has 0 amide bonds. The average Bonchev–Trinajstić information content (AvgIpc) is 2.78. The lowest BCUT2D eigenvalue weighted by Crippen LogP contribution is -1.97. The van der Waals surface area contributed by atoms with Gasteiger partial charge in [-0.3, -0.25) is 4.40 Å². The largest absolute Gasteiger partial charge is 0.508 e. The highest BCUT2D eigenvalue weighted by molar-refractivity contribution is 5.95. The highest BCUT2D eigenvalue weighted by atomic mass is 16.4. The number of carboxylic acids is 1. The minimum atomic E-state index is -1.20. The van der Waals surface area contributed by atoms with E-state index >= 15 is 0 Å². The van der Waals surface area contributed by atoms with E-state index in [0.29, 0.717) is 11.4 Å². The molecule has 3 N–H and O–H groups in total. The number of aromatic hydroxyl groups is 2. The number of rotatable bonds is 2. The van der Waals surface area contributed by atoms with E-state index in [1.54, 1.807) is 18.2 Å². The molecule has 0 unspecified atom stereocenters. The van der Waals surface area contributed by atoms with Crippen LogP contribution in [0.3, 0.4) is 0 Å². The number of phenols is 1. The number of benzene rings is 1. The first-order chi connectivity index (χ1) is 9.58. The van der Waals surface area contributed by atoms with Crippen LogP contribution in [0.4, 0.5) is 0 Å². The molecule has 1 aromatic carbocycles. The Hall–Kier alpha value is -3.02. The predicted octanol–water partition coefficient (Wildman–Crippen LogP) is 2.11. The number of aromatic carboxylic acids is 1. The molecule has 0 aliphatic rings. The monoisotopic (exact) mass is 270 g/mol. The van der Waals surface area contributed by atoms with Crippen LogP contribution in [0.2, 0.25) is 0 Å². The van der Waals surface area contributed by atoms with Crippen LogP contribution in [0.1, 0.15) is 10.5 Å². The molecule has 2 heterocycles. The molecule has 20 heavy (non-hydrogen) atoms. The third-order valence-electron chi connectivity index (χ3n) is 2.97. The first-order valence-electron chi connectivity index (χ1n) is 5.80. The molecular weight excluding hydrogens is 260 g/mol. The summed E-state index contributed by atoms with van der Waals surface area (Å²) in [6, 6.07) is 9.26. The van der Waals surface area contributed by atoms with E-state index in [0.717, 1.165) is 0 Å². The maximum atomic E-state index is 11.2. The number of hydrogen-bond donors (Lipinski definition) is 3. The van der Waals surface area contributed by atoms with Gasteiger partial charge >= 0.3 is 5.97 Å². The fourth-order valence-corrected chi connectivity index (χ4v) is 2.08. The maximum Gasteiger partial charge on any atom is 0.356 e. The topological polar surface area (TPSA) is 95.1 Å². The van der Waals surface area contributed by atoms with Crippen LogP contribution in [0.5, 0.6) is 11.5 Å². The number of phenolic OH excluding ortho intramolecular Hbond substituents is 1. The number of para-hydroxylation sites is 1. The third-order valence-corrected chi connectivity index (χ3v) is 2.97. The van der Waals surface area contributed by atoms with Crippen molar-refractivity contribution in [2.45, 2.75) is 0 Å². The average molecular weight is 270 g/mol. The summed E-state index contributed by atoms with van der Waals surface area (Å²) < 4.78 is 1.51. The first kappa shape index (κ1) is 12.0. The van der Waals surface area contributed by atoms with E-state index in [1.807, 2.05) is 0 Å². The van der Waals surface area contributed by atoms with Crippen molar-refractivity contribution in [2.75, 3.05) is 0 Å². The minimum absolute atomic E-state index is 0.00409. The molecule has 0 spiro atoms. The van der Waals surface area contributed by atoms with E-state index < -0.39 is 5.97 Å². The Labute approximate surface area is 113 Å². The lowest BCUT2D eigenvalue weighted by atomic mass is 10.2. The Balaban J connectivity index is 2.38. The zero-order valence-corrected chi connectivity index (χ0v) is 10.2. The Kier molecular flexibility index (Phi) is 2.57. The van der Waals surface area contributed by atoms with Crippen molar-refractivity contribution in [1.82, 2.24) is 9.38 Å². The smallest absolute Gasteiger partial charge is 0.356 e. The van der Waals surface area contributed by atoms with Gasteiger partial charge in [0.05, 0.1) is 11.1 Å². The molecule has 0 saturated carbocycles. The van der Waals surface area contributed by atoms with E-state index in [9.17, 15) is 20.1 Å². The van der Waals surface area contributed by atoms with Crippen LogP contribution in [0.15, 0.2) is 42.6 Å². The molecule has 0 radical (unpaired) electrons. The number of nitrogens with zero attached hydrogens (tertiary/aromatic N) is 2. The normalized spacial score (nSPS) is 10.8.